The molecule has 0 saturated carbocycles. The summed E-state index contributed by atoms with van der Waals surface area (Å²) in [5.41, 5.74) is 8.54. The van der Waals surface area contributed by atoms with Crippen molar-refractivity contribution >= 4 is 5.95 Å². The second-order valence-electron chi connectivity index (χ2n) is 5.58. The quantitative estimate of drug-likeness (QED) is 0.765. The lowest BCUT2D eigenvalue weighted by Gasteiger charge is -2.13. The van der Waals surface area contributed by atoms with Gasteiger partial charge in [-0.3, -0.25) is 0 Å². The number of aromatic nitrogens is 3. The van der Waals surface area contributed by atoms with Gasteiger partial charge in [0.05, 0.1) is 6.10 Å². The summed E-state index contributed by atoms with van der Waals surface area (Å²) in [4.78, 5) is 4.33. The molecule has 1 aromatic heterocycles. The maximum absolute atomic E-state index is 9.96. The average Bonchev–Trinajstić information content (AvgIpc) is 2.57. The monoisotopic (exact) mass is 322 g/mol. The number of phenolic OH excluding ortho intramolecular Hbond substituents is 1. The SMILES string of the molecule is CC(C)Oc1cc(-c2nnc(N)nc2-c2ccccc2)ccc1O. The van der Waals surface area contributed by atoms with Gasteiger partial charge in [-0.1, -0.05) is 30.3 Å². The van der Waals surface area contributed by atoms with Gasteiger partial charge in [0.15, 0.2) is 11.5 Å². The molecular formula is C18H18N4O2. The van der Waals surface area contributed by atoms with Crippen LogP contribution in [0.4, 0.5) is 5.95 Å². The van der Waals surface area contributed by atoms with Gasteiger partial charge in [0.1, 0.15) is 11.4 Å². The number of benzene rings is 2. The molecule has 3 N–H and O–H groups in total. The minimum atomic E-state index is -0.0598. The van der Waals surface area contributed by atoms with Crippen LogP contribution >= 0.6 is 0 Å². The lowest BCUT2D eigenvalue weighted by molar-refractivity contribution is 0.232. The molecule has 0 fully saturated rings. The van der Waals surface area contributed by atoms with Gasteiger partial charge in [0.2, 0.25) is 5.95 Å². The Morgan fingerprint density at radius 3 is 2.42 bits per heavy atom. The third kappa shape index (κ3) is 3.27. The zero-order valence-corrected chi connectivity index (χ0v) is 13.5. The van der Waals surface area contributed by atoms with Gasteiger partial charge >= 0.3 is 0 Å². The van der Waals surface area contributed by atoms with Gasteiger partial charge in [0, 0.05) is 11.1 Å². The molecule has 6 heteroatoms. The number of nitrogens with two attached hydrogens (primary N) is 1. The van der Waals surface area contributed by atoms with Crippen LogP contribution in [0, 0.1) is 0 Å². The summed E-state index contributed by atoms with van der Waals surface area (Å²) in [5, 5.41) is 18.0. The van der Waals surface area contributed by atoms with Crippen LogP contribution in [0.5, 0.6) is 11.5 Å². The van der Waals surface area contributed by atoms with Crippen LogP contribution in [-0.4, -0.2) is 26.4 Å². The normalized spacial score (nSPS) is 10.8. The van der Waals surface area contributed by atoms with Crippen molar-refractivity contribution in [1.29, 1.82) is 0 Å². The number of aromatic hydroxyl groups is 1. The fourth-order valence-electron chi connectivity index (χ4n) is 2.34. The van der Waals surface area contributed by atoms with Crippen molar-refractivity contribution in [3.8, 4) is 34.0 Å². The minimum absolute atomic E-state index is 0.0598. The first-order valence-corrected chi connectivity index (χ1v) is 7.60. The molecule has 0 atom stereocenters. The number of hydrogen-bond donors (Lipinski definition) is 2. The maximum atomic E-state index is 9.96. The molecule has 0 spiro atoms. The van der Waals surface area contributed by atoms with Crippen molar-refractivity contribution in [3.63, 3.8) is 0 Å². The van der Waals surface area contributed by atoms with Gasteiger partial charge < -0.3 is 15.6 Å². The molecular weight excluding hydrogens is 304 g/mol. The van der Waals surface area contributed by atoms with Crippen LogP contribution in [0.3, 0.4) is 0 Å². The van der Waals surface area contributed by atoms with E-state index in [4.69, 9.17) is 10.5 Å². The first-order valence-electron chi connectivity index (χ1n) is 7.60. The number of nitrogen functional groups attached to an aromatic ring is 1. The van der Waals surface area contributed by atoms with Gasteiger partial charge in [-0.2, -0.15) is 0 Å². The average molecular weight is 322 g/mol. The Bertz CT molecular complexity index is 851. The summed E-state index contributed by atoms with van der Waals surface area (Å²) < 4.78 is 5.63. The van der Waals surface area contributed by atoms with Crippen LogP contribution in [0.1, 0.15) is 13.8 Å². The van der Waals surface area contributed by atoms with E-state index in [0.29, 0.717) is 17.1 Å². The van der Waals surface area contributed by atoms with E-state index in [-0.39, 0.29) is 17.8 Å². The van der Waals surface area contributed by atoms with Crippen molar-refractivity contribution in [3.05, 3.63) is 48.5 Å². The predicted molar refractivity (Wildman–Crippen MR) is 92.5 cm³/mol. The number of ether oxygens (including phenoxy) is 1. The molecule has 122 valence electrons. The van der Waals surface area contributed by atoms with Crippen molar-refractivity contribution in [1.82, 2.24) is 15.2 Å². The molecule has 0 bridgehead atoms. The molecule has 0 aliphatic rings. The second-order valence-corrected chi connectivity index (χ2v) is 5.58. The van der Waals surface area contributed by atoms with Gasteiger partial charge in [-0.25, -0.2) is 4.98 Å². The van der Waals surface area contributed by atoms with Crippen LogP contribution in [0.2, 0.25) is 0 Å². The van der Waals surface area contributed by atoms with Crippen molar-refractivity contribution in [2.45, 2.75) is 20.0 Å². The highest BCUT2D eigenvalue weighted by molar-refractivity contribution is 5.79. The van der Waals surface area contributed by atoms with Gasteiger partial charge in [-0.05, 0) is 32.0 Å². The third-order valence-corrected chi connectivity index (χ3v) is 3.35. The molecule has 2 aromatic carbocycles. The number of hydrogen-bond acceptors (Lipinski definition) is 6. The number of nitrogens with zero attached hydrogens (tertiary/aromatic N) is 3. The van der Waals surface area contributed by atoms with E-state index in [0.717, 1.165) is 11.1 Å². The zero-order chi connectivity index (χ0) is 17.1. The number of phenols is 1. The summed E-state index contributed by atoms with van der Waals surface area (Å²) in [6, 6.07) is 14.7. The summed E-state index contributed by atoms with van der Waals surface area (Å²) in [6.07, 6.45) is -0.0598. The number of anilines is 1. The fourth-order valence-corrected chi connectivity index (χ4v) is 2.34. The zero-order valence-electron chi connectivity index (χ0n) is 13.5. The Morgan fingerprint density at radius 2 is 1.71 bits per heavy atom. The van der Waals surface area contributed by atoms with E-state index in [9.17, 15) is 5.11 Å². The van der Waals surface area contributed by atoms with Crippen LogP contribution < -0.4 is 10.5 Å². The summed E-state index contributed by atoms with van der Waals surface area (Å²) >= 11 is 0. The minimum Gasteiger partial charge on any atom is -0.504 e. The van der Waals surface area contributed by atoms with E-state index >= 15 is 0 Å². The van der Waals surface area contributed by atoms with E-state index in [1.807, 2.05) is 44.2 Å². The van der Waals surface area contributed by atoms with E-state index in [1.165, 1.54) is 0 Å². The Morgan fingerprint density at radius 1 is 0.958 bits per heavy atom. The van der Waals surface area contributed by atoms with Gasteiger partial charge in [-0.15, -0.1) is 10.2 Å². The number of rotatable bonds is 4. The van der Waals surface area contributed by atoms with Crippen molar-refractivity contribution in [2.24, 2.45) is 0 Å². The lowest BCUT2D eigenvalue weighted by Crippen LogP contribution is -2.06. The summed E-state index contributed by atoms with van der Waals surface area (Å²) in [5.74, 6) is 0.570. The molecule has 0 saturated heterocycles. The predicted octanol–water partition coefficient (Wildman–Crippen LogP) is 3.28. The maximum Gasteiger partial charge on any atom is 0.240 e. The summed E-state index contributed by atoms with van der Waals surface area (Å²) in [6.45, 7) is 3.79. The third-order valence-electron chi connectivity index (χ3n) is 3.35. The molecule has 1 heterocycles. The van der Waals surface area contributed by atoms with E-state index < -0.39 is 0 Å². The molecule has 24 heavy (non-hydrogen) atoms. The Labute approximate surface area is 140 Å². The first kappa shape index (κ1) is 15.7. The van der Waals surface area contributed by atoms with Crippen molar-refractivity contribution < 1.29 is 9.84 Å². The van der Waals surface area contributed by atoms with E-state index in [1.54, 1.807) is 18.2 Å². The highest BCUT2D eigenvalue weighted by atomic mass is 16.5. The molecule has 0 aliphatic carbocycles. The molecule has 3 rings (SSSR count). The largest absolute Gasteiger partial charge is 0.504 e. The molecule has 0 radical (unpaired) electrons. The van der Waals surface area contributed by atoms with Gasteiger partial charge in [0.25, 0.3) is 0 Å². The van der Waals surface area contributed by atoms with E-state index in [2.05, 4.69) is 15.2 Å². The summed E-state index contributed by atoms with van der Waals surface area (Å²) in [7, 11) is 0. The highest BCUT2D eigenvalue weighted by Crippen LogP contribution is 2.35. The first-order chi connectivity index (χ1) is 11.5. The Balaban J connectivity index is 2.13. The smallest absolute Gasteiger partial charge is 0.240 e. The molecule has 3 aromatic rings. The highest BCUT2D eigenvalue weighted by Gasteiger charge is 2.15. The molecule has 6 nitrogen and oxygen atoms in total. The standard InChI is InChI=1S/C18H18N4O2/c1-11(2)24-15-10-13(8-9-14(15)23)17-16(20-18(19)22-21-17)12-6-4-3-5-7-12/h3-11,23H,1-2H3,(H2,19,20,22). The fraction of sp³-hybridized carbons (Fsp3) is 0.167. The van der Waals surface area contributed by atoms with Crippen molar-refractivity contribution in [2.75, 3.05) is 5.73 Å². The Hall–Kier alpha value is -3.15. The van der Waals surface area contributed by atoms with Crippen LogP contribution in [-0.2, 0) is 0 Å². The molecule has 0 unspecified atom stereocenters. The molecule has 0 aliphatic heterocycles. The topological polar surface area (TPSA) is 94.2 Å². The second kappa shape index (κ2) is 6.54. The van der Waals surface area contributed by atoms with Crippen LogP contribution in [0.25, 0.3) is 22.5 Å². The lowest BCUT2D eigenvalue weighted by atomic mass is 10.0. The van der Waals surface area contributed by atoms with Crippen LogP contribution in [0.15, 0.2) is 48.5 Å². The Kier molecular flexibility index (Phi) is 4.29. The molecule has 0 amide bonds.